The molecule has 2 aromatic heterocycles. The minimum atomic E-state index is -4.41. The van der Waals surface area contributed by atoms with Gasteiger partial charge in [0.15, 0.2) is 0 Å². The number of carbonyl (C=O) groups excluding carboxylic acids is 1. The second-order valence-electron chi connectivity index (χ2n) is 4.85. The lowest BCUT2D eigenvalue weighted by Crippen LogP contribution is -2.21. The van der Waals surface area contributed by atoms with E-state index in [0.29, 0.717) is 4.83 Å². The Balaban J connectivity index is 2.60. The predicted molar refractivity (Wildman–Crippen MR) is 85.1 cm³/mol. The van der Waals surface area contributed by atoms with Crippen molar-refractivity contribution in [3.63, 3.8) is 0 Å². The predicted octanol–water partition coefficient (Wildman–Crippen LogP) is 2.67. The largest absolute Gasteiger partial charge is 0.465 e. The first-order valence-electron chi connectivity index (χ1n) is 6.60. The van der Waals surface area contributed by atoms with Gasteiger partial charge in [0.2, 0.25) is 0 Å². The summed E-state index contributed by atoms with van der Waals surface area (Å²) in [6, 6.07) is 0. The minimum Gasteiger partial charge on any atom is -0.465 e. The number of anilines is 1. The van der Waals surface area contributed by atoms with Crippen LogP contribution in [0, 0.1) is 0 Å². The molecule has 2 heterocycles. The van der Waals surface area contributed by atoms with Crippen molar-refractivity contribution < 1.29 is 22.7 Å². The summed E-state index contributed by atoms with van der Waals surface area (Å²) in [6.45, 7) is -1.26. The molecular weight excluding hydrogens is 347 g/mol. The number of fused-ring (bicyclic) bond motifs is 1. The summed E-state index contributed by atoms with van der Waals surface area (Å²) >= 11 is 0.977. The van der Waals surface area contributed by atoms with E-state index < -0.39 is 18.7 Å². The van der Waals surface area contributed by atoms with Gasteiger partial charge in [0, 0.05) is 14.1 Å². The summed E-state index contributed by atoms with van der Waals surface area (Å²) in [5, 5.41) is 2.46. The highest BCUT2D eigenvalue weighted by Crippen LogP contribution is 2.40. The van der Waals surface area contributed by atoms with Crippen LogP contribution in [-0.2, 0) is 4.74 Å². The van der Waals surface area contributed by atoms with Gasteiger partial charge >= 0.3 is 12.1 Å². The number of thiophene rings is 1. The second-order valence-corrected chi connectivity index (χ2v) is 5.85. The Labute approximate surface area is 139 Å². The standard InChI is InChI=1S/C13H14F3N5O2S/c1-21(2)6-20-8-7-10(17-4-13(14,15)16)18-5-19-11(7)24-9(8)12(22)23-3/h5-6H,4H2,1-3H3,(H,17,18,19). The normalized spacial score (nSPS) is 11.9. The summed E-state index contributed by atoms with van der Waals surface area (Å²) in [5.74, 6) is -0.694. The van der Waals surface area contributed by atoms with Gasteiger partial charge in [-0.2, -0.15) is 13.2 Å². The first-order chi connectivity index (χ1) is 11.2. The third-order valence-corrected chi connectivity index (χ3v) is 3.77. The maximum absolute atomic E-state index is 12.5. The molecule has 2 aromatic rings. The average Bonchev–Trinajstić information content (AvgIpc) is 2.88. The van der Waals surface area contributed by atoms with Gasteiger partial charge in [-0.25, -0.2) is 19.8 Å². The minimum absolute atomic E-state index is 0.0466. The van der Waals surface area contributed by atoms with Gasteiger partial charge in [-0.15, -0.1) is 11.3 Å². The van der Waals surface area contributed by atoms with Crippen molar-refractivity contribution in [1.29, 1.82) is 0 Å². The number of nitrogens with zero attached hydrogens (tertiary/aromatic N) is 4. The molecule has 24 heavy (non-hydrogen) atoms. The van der Waals surface area contributed by atoms with Gasteiger partial charge in [-0.3, -0.25) is 0 Å². The molecule has 0 fully saturated rings. The molecule has 0 saturated carbocycles. The lowest BCUT2D eigenvalue weighted by atomic mass is 10.2. The highest BCUT2D eigenvalue weighted by Gasteiger charge is 2.28. The zero-order valence-corrected chi connectivity index (χ0v) is 13.8. The maximum atomic E-state index is 12.5. The molecule has 0 bridgehead atoms. The monoisotopic (exact) mass is 361 g/mol. The molecular formula is C13H14F3N5O2S. The van der Waals surface area contributed by atoms with Crippen molar-refractivity contribution in [2.45, 2.75) is 6.18 Å². The average molecular weight is 361 g/mol. The Morgan fingerprint density at radius 2 is 2.17 bits per heavy atom. The molecule has 0 aliphatic rings. The number of hydrogen-bond acceptors (Lipinski definition) is 7. The Morgan fingerprint density at radius 1 is 1.46 bits per heavy atom. The Hall–Kier alpha value is -2.43. The number of halogens is 3. The number of rotatable bonds is 5. The molecule has 0 spiro atoms. The zero-order chi connectivity index (χ0) is 17.9. The van der Waals surface area contributed by atoms with Crippen LogP contribution in [0.15, 0.2) is 11.3 Å². The van der Waals surface area contributed by atoms with E-state index in [1.165, 1.54) is 13.4 Å². The number of aliphatic imine (C=N–C) groups is 1. The smallest absolute Gasteiger partial charge is 0.405 e. The fourth-order valence-electron chi connectivity index (χ4n) is 1.76. The fourth-order valence-corrected chi connectivity index (χ4v) is 2.77. The zero-order valence-electron chi connectivity index (χ0n) is 13.0. The van der Waals surface area contributed by atoms with Crippen LogP contribution in [0.4, 0.5) is 24.7 Å². The first kappa shape index (κ1) is 17.9. The molecule has 0 aliphatic carbocycles. The van der Waals surface area contributed by atoms with Crippen LogP contribution >= 0.6 is 11.3 Å². The molecule has 0 saturated heterocycles. The molecule has 1 N–H and O–H groups in total. The Kier molecular flexibility index (Phi) is 5.22. The molecule has 11 heteroatoms. The van der Waals surface area contributed by atoms with E-state index in [-0.39, 0.29) is 21.8 Å². The van der Waals surface area contributed by atoms with E-state index in [9.17, 15) is 18.0 Å². The second kappa shape index (κ2) is 6.99. The van der Waals surface area contributed by atoms with Crippen LogP contribution in [0.3, 0.4) is 0 Å². The molecule has 0 unspecified atom stereocenters. The van der Waals surface area contributed by atoms with Crippen LogP contribution < -0.4 is 5.32 Å². The molecule has 2 rings (SSSR count). The van der Waals surface area contributed by atoms with Gasteiger partial charge in [-0.05, 0) is 0 Å². The number of aromatic nitrogens is 2. The van der Waals surface area contributed by atoms with Crippen molar-refractivity contribution in [3.8, 4) is 0 Å². The number of esters is 1. The quantitative estimate of drug-likeness (QED) is 0.501. The number of ether oxygens (including phenoxy) is 1. The number of hydrogen-bond donors (Lipinski definition) is 1. The van der Waals surface area contributed by atoms with Crippen molar-refractivity contribution >= 4 is 45.4 Å². The van der Waals surface area contributed by atoms with Gasteiger partial charge < -0.3 is 15.0 Å². The van der Waals surface area contributed by atoms with E-state index in [2.05, 4.69) is 20.3 Å². The third-order valence-electron chi connectivity index (χ3n) is 2.71. The fraction of sp³-hybridized carbons (Fsp3) is 0.385. The summed E-state index contributed by atoms with van der Waals surface area (Å²) in [6.07, 6.45) is -1.86. The van der Waals surface area contributed by atoms with E-state index >= 15 is 0 Å². The van der Waals surface area contributed by atoms with Crippen LogP contribution in [0.2, 0.25) is 0 Å². The molecule has 0 radical (unpaired) electrons. The number of alkyl halides is 3. The molecule has 0 aliphatic heterocycles. The van der Waals surface area contributed by atoms with Crippen molar-refractivity contribution in [3.05, 3.63) is 11.2 Å². The van der Waals surface area contributed by atoms with Crippen molar-refractivity contribution in [2.24, 2.45) is 4.99 Å². The van der Waals surface area contributed by atoms with E-state index in [0.717, 1.165) is 17.7 Å². The van der Waals surface area contributed by atoms with Gasteiger partial charge in [0.05, 0.1) is 18.8 Å². The summed E-state index contributed by atoms with van der Waals surface area (Å²) in [7, 11) is 4.64. The van der Waals surface area contributed by atoms with Crippen LogP contribution in [-0.4, -0.2) is 61.1 Å². The summed E-state index contributed by atoms with van der Waals surface area (Å²) in [4.78, 5) is 26.0. The SMILES string of the molecule is COC(=O)c1sc2ncnc(NCC(F)(F)F)c2c1N=CN(C)C. The molecule has 130 valence electrons. The number of nitrogens with one attached hydrogen (secondary N) is 1. The Morgan fingerprint density at radius 3 is 2.75 bits per heavy atom. The number of carbonyl (C=O) groups is 1. The highest BCUT2D eigenvalue weighted by molar-refractivity contribution is 7.21. The molecule has 0 amide bonds. The molecule has 7 nitrogen and oxygen atoms in total. The van der Waals surface area contributed by atoms with E-state index in [1.807, 2.05) is 0 Å². The van der Waals surface area contributed by atoms with E-state index in [1.54, 1.807) is 19.0 Å². The summed E-state index contributed by atoms with van der Waals surface area (Å²) in [5.41, 5.74) is 0.167. The van der Waals surface area contributed by atoms with Crippen LogP contribution in [0.5, 0.6) is 0 Å². The lowest BCUT2D eigenvalue weighted by Gasteiger charge is -2.10. The third kappa shape index (κ3) is 4.10. The first-order valence-corrected chi connectivity index (χ1v) is 7.41. The van der Waals surface area contributed by atoms with Gasteiger partial charge in [0.25, 0.3) is 0 Å². The van der Waals surface area contributed by atoms with Gasteiger partial charge in [0.1, 0.15) is 34.1 Å². The number of methoxy groups -OCH3 is 1. The molecule has 0 aromatic carbocycles. The van der Waals surface area contributed by atoms with Crippen molar-refractivity contribution in [2.75, 3.05) is 33.1 Å². The highest BCUT2D eigenvalue weighted by atomic mass is 32.1. The van der Waals surface area contributed by atoms with Crippen LogP contribution in [0.1, 0.15) is 9.67 Å². The lowest BCUT2D eigenvalue weighted by molar-refractivity contribution is -0.115. The molecule has 0 atom stereocenters. The summed E-state index contributed by atoms with van der Waals surface area (Å²) < 4.78 is 42.1. The maximum Gasteiger partial charge on any atom is 0.405 e. The Bertz CT molecular complexity index is 773. The van der Waals surface area contributed by atoms with Crippen LogP contribution in [0.25, 0.3) is 10.2 Å². The van der Waals surface area contributed by atoms with Gasteiger partial charge in [-0.1, -0.05) is 0 Å². The van der Waals surface area contributed by atoms with Crippen molar-refractivity contribution in [1.82, 2.24) is 14.9 Å². The van der Waals surface area contributed by atoms with E-state index in [4.69, 9.17) is 4.74 Å². The topological polar surface area (TPSA) is 79.7 Å².